The fourth-order valence-corrected chi connectivity index (χ4v) is 2.22. The van der Waals surface area contributed by atoms with Crippen LogP contribution in [0.3, 0.4) is 0 Å². The standard InChI is InChI=1S/C12H13N3O2S/c1-7-10(18-12(13)14-7)11(16)15-8-3-5-9(17-2)6-4-8/h3-6H,1-2H3,(H2,13,14)(H,15,16). The summed E-state index contributed by atoms with van der Waals surface area (Å²) in [5, 5.41) is 3.18. The van der Waals surface area contributed by atoms with Gasteiger partial charge in [-0.3, -0.25) is 4.79 Å². The van der Waals surface area contributed by atoms with Crippen molar-refractivity contribution < 1.29 is 9.53 Å². The zero-order valence-electron chi connectivity index (χ0n) is 10.1. The summed E-state index contributed by atoms with van der Waals surface area (Å²) in [5.41, 5.74) is 6.90. The number of anilines is 2. The minimum Gasteiger partial charge on any atom is -0.497 e. The molecule has 1 heterocycles. The number of carbonyl (C=O) groups excluding carboxylic acids is 1. The van der Waals surface area contributed by atoms with Gasteiger partial charge in [-0.2, -0.15) is 0 Å². The van der Waals surface area contributed by atoms with E-state index in [1.165, 1.54) is 11.3 Å². The van der Waals surface area contributed by atoms with Gasteiger partial charge in [0.1, 0.15) is 10.6 Å². The lowest BCUT2D eigenvalue weighted by Crippen LogP contribution is -2.11. The second-order valence-electron chi connectivity index (χ2n) is 3.65. The minimum atomic E-state index is -0.202. The van der Waals surface area contributed by atoms with E-state index in [4.69, 9.17) is 10.5 Å². The quantitative estimate of drug-likeness (QED) is 0.890. The topological polar surface area (TPSA) is 77.2 Å². The first-order valence-corrected chi connectivity index (χ1v) is 6.10. The number of carbonyl (C=O) groups is 1. The first-order valence-electron chi connectivity index (χ1n) is 5.28. The summed E-state index contributed by atoms with van der Waals surface area (Å²) in [6.45, 7) is 1.76. The molecule has 1 aromatic carbocycles. The van der Waals surface area contributed by atoms with Gasteiger partial charge in [0, 0.05) is 5.69 Å². The Bertz CT molecular complexity index is 563. The average molecular weight is 263 g/mol. The molecule has 0 spiro atoms. The van der Waals surface area contributed by atoms with Crippen LogP contribution in [0.4, 0.5) is 10.8 Å². The van der Waals surface area contributed by atoms with Crippen LogP contribution >= 0.6 is 11.3 Å². The van der Waals surface area contributed by atoms with Crippen LogP contribution in [0, 0.1) is 6.92 Å². The highest BCUT2D eigenvalue weighted by Gasteiger charge is 2.14. The molecule has 5 nitrogen and oxygen atoms in total. The zero-order chi connectivity index (χ0) is 13.1. The molecule has 0 radical (unpaired) electrons. The Morgan fingerprint density at radius 1 is 1.39 bits per heavy atom. The molecular formula is C12H13N3O2S. The predicted octanol–water partition coefficient (Wildman–Crippen LogP) is 2.29. The van der Waals surface area contributed by atoms with E-state index in [0.717, 1.165) is 5.75 Å². The molecule has 0 aliphatic heterocycles. The molecule has 94 valence electrons. The van der Waals surface area contributed by atoms with E-state index in [-0.39, 0.29) is 5.91 Å². The Morgan fingerprint density at radius 2 is 2.06 bits per heavy atom. The van der Waals surface area contributed by atoms with E-state index >= 15 is 0 Å². The van der Waals surface area contributed by atoms with Gasteiger partial charge in [0.05, 0.1) is 12.8 Å². The summed E-state index contributed by atoms with van der Waals surface area (Å²) < 4.78 is 5.04. The van der Waals surface area contributed by atoms with Gasteiger partial charge in [-0.1, -0.05) is 11.3 Å². The third kappa shape index (κ3) is 2.60. The maximum absolute atomic E-state index is 12.0. The van der Waals surface area contributed by atoms with Crippen LogP contribution in [-0.4, -0.2) is 18.0 Å². The Labute approximate surface area is 109 Å². The van der Waals surface area contributed by atoms with E-state index in [1.54, 1.807) is 38.3 Å². The number of ether oxygens (including phenoxy) is 1. The fourth-order valence-electron chi connectivity index (χ4n) is 1.49. The van der Waals surface area contributed by atoms with Gasteiger partial charge in [0.2, 0.25) is 0 Å². The highest BCUT2D eigenvalue weighted by molar-refractivity contribution is 7.17. The first kappa shape index (κ1) is 12.4. The second kappa shape index (κ2) is 5.05. The Kier molecular flexibility index (Phi) is 3.47. The summed E-state index contributed by atoms with van der Waals surface area (Å²) in [5.74, 6) is 0.540. The molecule has 1 aromatic heterocycles. The largest absolute Gasteiger partial charge is 0.497 e. The molecule has 3 N–H and O–H groups in total. The number of amides is 1. The molecule has 1 amide bonds. The van der Waals surface area contributed by atoms with Crippen molar-refractivity contribution >= 4 is 28.1 Å². The van der Waals surface area contributed by atoms with Gasteiger partial charge < -0.3 is 15.8 Å². The molecule has 2 aromatic rings. The lowest BCUT2D eigenvalue weighted by molar-refractivity contribution is 0.103. The van der Waals surface area contributed by atoms with Crippen LogP contribution in [-0.2, 0) is 0 Å². The summed E-state index contributed by atoms with van der Waals surface area (Å²) in [6, 6.07) is 7.11. The molecular weight excluding hydrogens is 250 g/mol. The van der Waals surface area contributed by atoms with E-state index in [1.807, 2.05) is 0 Å². The van der Waals surface area contributed by atoms with Crippen molar-refractivity contribution in [3.05, 3.63) is 34.8 Å². The van der Waals surface area contributed by atoms with E-state index in [9.17, 15) is 4.79 Å². The number of methoxy groups -OCH3 is 1. The van der Waals surface area contributed by atoms with Crippen molar-refractivity contribution in [1.82, 2.24) is 4.98 Å². The van der Waals surface area contributed by atoms with Gasteiger partial charge in [0.25, 0.3) is 5.91 Å². The molecule has 0 aliphatic carbocycles. The number of benzene rings is 1. The Balaban J connectivity index is 2.13. The Morgan fingerprint density at radius 3 is 2.56 bits per heavy atom. The number of nitrogens with zero attached hydrogens (tertiary/aromatic N) is 1. The first-order chi connectivity index (χ1) is 8.60. The number of thiazole rings is 1. The summed E-state index contributed by atoms with van der Waals surface area (Å²) in [7, 11) is 1.59. The summed E-state index contributed by atoms with van der Waals surface area (Å²) in [6.07, 6.45) is 0. The number of nitrogens with one attached hydrogen (secondary N) is 1. The molecule has 0 unspecified atom stereocenters. The van der Waals surface area contributed by atoms with Crippen molar-refractivity contribution in [2.24, 2.45) is 0 Å². The molecule has 0 atom stereocenters. The lowest BCUT2D eigenvalue weighted by atomic mass is 10.3. The number of nitrogen functional groups attached to an aromatic ring is 1. The number of aromatic nitrogens is 1. The maximum atomic E-state index is 12.0. The molecule has 2 rings (SSSR count). The van der Waals surface area contributed by atoms with Crippen molar-refractivity contribution in [3.63, 3.8) is 0 Å². The third-order valence-corrected chi connectivity index (χ3v) is 3.35. The van der Waals surface area contributed by atoms with Gasteiger partial charge in [-0.15, -0.1) is 0 Å². The van der Waals surface area contributed by atoms with Gasteiger partial charge >= 0.3 is 0 Å². The molecule has 6 heteroatoms. The van der Waals surface area contributed by atoms with Crippen LogP contribution < -0.4 is 15.8 Å². The molecule has 0 aliphatic rings. The summed E-state index contributed by atoms with van der Waals surface area (Å²) >= 11 is 1.18. The maximum Gasteiger partial charge on any atom is 0.267 e. The highest BCUT2D eigenvalue weighted by atomic mass is 32.1. The predicted molar refractivity (Wildman–Crippen MR) is 72.2 cm³/mol. The van der Waals surface area contributed by atoms with E-state index < -0.39 is 0 Å². The van der Waals surface area contributed by atoms with Crippen LogP contribution in [0.2, 0.25) is 0 Å². The highest BCUT2D eigenvalue weighted by Crippen LogP contribution is 2.22. The Hall–Kier alpha value is -2.08. The van der Waals surface area contributed by atoms with Gasteiger partial charge in [-0.05, 0) is 31.2 Å². The number of hydrogen-bond donors (Lipinski definition) is 2. The zero-order valence-corrected chi connectivity index (χ0v) is 10.9. The molecule has 0 fully saturated rings. The van der Waals surface area contributed by atoms with Crippen molar-refractivity contribution in [3.8, 4) is 5.75 Å². The number of nitrogens with two attached hydrogens (primary N) is 1. The SMILES string of the molecule is COc1ccc(NC(=O)c2sc(N)nc2C)cc1. The number of aryl methyl sites for hydroxylation is 1. The van der Waals surface area contributed by atoms with Crippen molar-refractivity contribution in [2.45, 2.75) is 6.92 Å². The van der Waals surface area contributed by atoms with Crippen LogP contribution in [0.15, 0.2) is 24.3 Å². The summed E-state index contributed by atoms with van der Waals surface area (Å²) in [4.78, 5) is 16.5. The van der Waals surface area contributed by atoms with Crippen LogP contribution in [0.5, 0.6) is 5.75 Å². The molecule has 0 saturated carbocycles. The van der Waals surface area contributed by atoms with Crippen molar-refractivity contribution in [1.29, 1.82) is 0 Å². The number of hydrogen-bond acceptors (Lipinski definition) is 5. The average Bonchev–Trinajstić information content (AvgIpc) is 2.69. The molecule has 0 saturated heterocycles. The molecule has 18 heavy (non-hydrogen) atoms. The molecule has 0 bridgehead atoms. The van der Waals surface area contributed by atoms with Gasteiger partial charge in [0.15, 0.2) is 5.13 Å². The van der Waals surface area contributed by atoms with Crippen molar-refractivity contribution in [2.75, 3.05) is 18.2 Å². The van der Waals surface area contributed by atoms with Gasteiger partial charge in [-0.25, -0.2) is 4.98 Å². The normalized spacial score (nSPS) is 10.1. The smallest absolute Gasteiger partial charge is 0.267 e. The van der Waals surface area contributed by atoms with E-state index in [0.29, 0.717) is 21.4 Å². The monoisotopic (exact) mass is 263 g/mol. The number of rotatable bonds is 3. The third-order valence-electron chi connectivity index (χ3n) is 2.37. The minimum absolute atomic E-state index is 0.202. The second-order valence-corrected chi connectivity index (χ2v) is 4.68. The lowest BCUT2D eigenvalue weighted by Gasteiger charge is -2.05. The fraction of sp³-hybridized carbons (Fsp3) is 0.167. The van der Waals surface area contributed by atoms with Crippen LogP contribution in [0.25, 0.3) is 0 Å². The van der Waals surface area contributed by atoms with E-state index in [2.05, 4.69) is 10.3 Å². The van der Waals surface area contributed by atoms with Crippen LogP contribution in [0.1, 0.15) is 15.4 Å².